The predicted octanol–water partition coefficient (Wildman–Crippen LogP) is 1.73. The topological polar surface area (TPSA) is 69.7 Å². The van der Waals surface area contributed by atoms with E-state index < -0.39 is 17.9 Å². The maximum absolute atomic E-state index is 11.7. The van der Waals surface area contributed by atoms with Gasteiger partial charge in [-0.05, 0) is 20.3 Å². The van der Waals surface area contributed by atoms with E-state index in [0.29, 0.717) is 6.42 Å². The van der Waals surface area contributed by atoms with E-state index in [1.54, 1.807) is 27.7 Å². The standard InChI is InChI=1S/C13H22O5/c1-5-11(14)9(4)8-10(12(15)17-6-2)13(16)18-7-3/h9-10H,5-8H2,1-4H3. The monoisotopic (exact) mass is 258 g/mol. The normalized spacial score (nSPS) is 12.1. The van der Waals surface area contributed by atoms with Crippen molar-refractivity contribution >= 4 is 17.7 Å². The molecular formula is C13H22O5. The van der Waals surface area contributed by atoms with Crippen LogP contribution in [0.15, 0.2) is 0 Å². The molecule has 0 aliphatic carbocycles. The third-order valence-electron chi connectivity index (χ3n) is 2.63. The highest BCUT2D eigenvalue weighted by Gasteiger charge is 2.32. The van der Waals surface area contributed by atoms with Crippen LogP contribution in [0.25, 0.3) is 0 Å². The Morgan fingerprint density at radius 1 is 0.944 bits per heavy atom. The molecular weight excluding hydrogens is 236 g/mol. The maximum atomic E-state index is 11.7. The molecule has 0 saturated heterocycles. The Morgan fingerprint density at radius 3 is 1.72 bits per heavy atom. The highest BCUT2D eigenvalue weighted by Crippen LogP contribution is 2.17. The molecule has 0 saturated carbocycles. The summed E-state index contributed by atoms with van der Waals surface area (Å²) in [7, 11) is 0. The Morgan fingerprint density at radius 2 is 1.39 bits per heavy atom. The summed E-state index contributed by atoms with van der Waals surface area (Å²) in [5, 5.41) is 0. The lowest BCUT2D eigenvalue weighted by Gasteiger charge is -2.17. The van der Waals surface area contributed by atoms with E-state index in [9.17, 15) is 14.4 Å². The van der Waals surface area contributed by atoms with Crippen LogP contribution in [-0.2, 0) is 23.9 Å². The average molecular weight is 258 g/mol. The van der Waals surface area contributed by atoms with E-state index in [1.807, 2.05) is 0 Å². The molecule has 0 N–H and O–H groups in total. The number of ketones is 1. The molecule has 0 fully saturated rings. The predicted molar refractivity (Wildman–Crippen MR) is 65.8 cm³/mol. The van der Waals surface area contributed by atoms with Crippen LogP contribution in [0.3, 0.4) is 0 Å². The summed E-state index contributed by atoms with van der Waals surface area (Å²) in [6.07, 6.45) is 0.532. The van der Waals surface area contributed by atoms with E-state index in [0.717, 1.165) is 0 Å². The second-order valence-corrected chi connectivity index (χ2v) is 4.01. The van der Waals surface area contributed by atoms with Gasteiger partial charge in [-0.1, -0.05) is 13.8 Å². The molecule has 0 aliphatic heterocycles. The number of ether oxygens (including phenoxy) is 2. The van der Waals surface area contributed by atoms with Gasteiger partial charge in [-0.2, -0.15) is 0 Å². The Balaban J connectivity index is 4.71. The zero-order valence-corrected chi connectivity index (χ0v) is 11.5. The summed E-state index contributed by atoms with van der Waals surface area (Å²) in [5.41, 5.74) is 0. The van der Waals surface area contributed by atoms with Crippen molar-refractivity contribution in [1.29, 1.82) is 0 Å². The number of esters is 2. The van der Waals surface area contributed by atoms with E-state index in [-0.39, 0.29) is 31.3 Å². The summed E-state index contributed by atoms with van der Waals surface area (Å²) >= 11 is 0. The van der Waals surface area contributed by atoms with Crippen molar-refractivity contribution in [2.75, 3.05) is 13.2 Å². The summed E-state index contributed by atoms with van der Waals surface area (Å²) in [4.78, 5) is 34.8. The number of hydrogen-bond acceptors (Lipinski definition) is 5. The second-order valence-electron chi connectivity index (χ2n) is 4.01. The molecule has 0 aromatic rings. The largest absolute Gasteiger partial charge is 0.465 e. The Labute approximate surface area is 108 Å². The third kappa shape index (κ3) is 5.29. The second kappa shape index (κ2) is 8.66. The Kier molecular flexibility index (Phi) is 8.00. The molecule has 18 heavy (non-hydrogen) atoms. The van der Waals surface area contributed by atoms with Gasteiger partial charge in [-0.25, -0.2) is 0 Å². The molecule has 1 atom stereocenters. The Bertz CT molecular complexity index is 280. The lowest BCUT2D eigenvalue weighted by molar-refractivity contribution is -0.162. The van der Waals surface area contributed by atoms with Crippen LogP contribution < -0.4 is 0 Å². The average Bonchev–Trinajstić information content (AvgIpc) is 2.34. The lowest BCUT2D eigenvalue weighted by Crippen LogP contribution is -2.31. The van der Waals surface area contributed by atoms with E-state index in [4.69, 9.17) is 9.47 Å². The molecule has 0 rings (SSSR count). The number of carbonyl (C=O) groups excluding carboxylic acids is 3. The first-order valence-corrected chi connectivity index (χ1v) is 6.33. The summed E-state index contributed by atoms with van der Waals surface area (Å²) in [6, 6.07) is 0. The van der Waals surface area contributed by atoms with Gasteiger partial charge in [0.05, 0.1) is 13.2 Å². The van der Waals surface area contributed by atoms with Gasteiger partial charge in [0.1, 0.15) is 5.78 Å². The number of hydrogen-bond donors (Lipinski definition) is 0. The fourth-order valence-electron chi connectivity index (χ4n) is 1.61. The third-order valence-corrected chi connectivity index (χ3v) is 2.63. The van der Waals surface area contributed by atoms with E-state index >= 15 is 0 Å². The molecule has 1 unspecified atom stereocenters. The van der Waals surface area contributed by atoms with Crippen LogP contribution >= 0.6 is 0 Å². The fourth-order valence-corrected chi connectivity index (χ4v) is 1.61. The highest BCUT2D eigenvalue weighted by atomic mass is 16.6. The molecule has 104 valence electrons. The zero-order valence-electron chi connectivity index (χ0n) is 11.5. The van der Waals surface area contributed by atoms with Crippen molar-refractivity contribution in [3.8, 4) is 0 Å². The molecule has 0 amide bonds. The number of rotatable bonds is 8. The van der Waals surface area contributed by atoms with Crippen LogP contribution in [0.1, 0.15) is 40.5 Å². The van der Waals surface area contributed by atoms with Crippen molar-refractivity contribution in [2.45, 2.75) is 40.5 Å². The van der Waals surface area contributed by atoms with Gasteiger partial charge in [-0.3, -0.25) is 14.4 Å². The molecule has 5 nitrogen and oxygen atoms in total. The van der Waals surface area contributed by atoms with Gasteiger partial charge in [0, 0.05) is 12.3 Å². The molecule has 5 heteroatoms. The molecule has 0 spiro atoms. The number of carbonyl (C=O) groups is 3. The quantitative estimate of drug-likeness (QED) is 0.490. The zero-order chi connectivity index (χ0) is 14.1. The van der Waals surface area contributed by atoms with Crippen molar-refractivity contribution in [3.05, 3.63) is 0 Å². The summed E-state index contributed by atoms with van der Waals surface area (Å²) in [6.45, 7) is 7.19. The van der Waals surface area contributed by atoms with E-state index in [2.05, 4.69) is 0 Å². The van der Waals surface area contributed by atoms with Crippen molar-refractivity contribution in [1.82, 2.24) is 0 Å². The van der Waals surface area contributed by atoms with Crippen LogP contribution in [0.2, 0.25) is 0 Å². The van der Waals surface area contributed by atoms with Gasteiger partial charge in [0.25, 0.3) is 0 Å². The minimum Gasteiger partial charge on any atom is -0.465 e. The minimum atomic E-state index is -1.00. The minimum absolute atomic E-state index is 0.0218. The van der Waals surface area contributed by atoms with E-state index in [1.165, 1.54) is 0 Å². The van der Waals surface area contributed by atoms with Gasteiger partial charge in [0.15, 0.2) is 5.92 Å². The first-order chi connectivity index (χ1) is 8.47. The van der Waals surface area contributed by atoms with Crippen LogP contribution in [-0.4, -0.2) is 30.9 Å². The van der Waals surface area contributed by atoms with Crippen LogP contribution in [0, 0.1) is 11.8 Å². The molecule has 0 aromatic carbocycles. The summed E-state index contributed by atoms with van der Waals surface area (Å²) in [5.74, 6) is -2.57. The van der Waals surface area contributed by atoms with Crippen LogP contribution in [0.5, 0.6) is 0 Å². The van der Waals surface area contributed by atoms with Crippen LogP contribution in [0.4, 0.5) is 0 Å². The first kappa shape index (κ1) is 16.6. The van der Waals surface area contributed by atoms with Gasteiger partial charge in [-0.15, -0.1) is 0 Å². The molecule has 0 bridgehead atoms. The van der Waals surface area contributed by atoms with Crippen molar-refractivity contribution in [2.24, 2.45) is 11.8 Å². The van der Waals surface area contributed by atoms with Gasteiger partial charge >= 0.3 is 11.9 Å². The summed E-state index contributed by atoms with van der Waals surface area (Å²) < 4.78 is 9.67. The maximum Gasteiger partial charge on any atom is 0.320 e. The molecule has 0 radical (unpaired) electrons. The molecule has 0 aromatic heterocycles. The van der Waals surface area contributed by atoms with Crippen molar-refractivity contribution < 1.29 is 23.9 Å². The van der Waals surface area contributed by atoms with Gasteiger partial charge in [0.2, 0.25) is 0 Å². The van der Waals surface area contributed by atoms with Crippen molar-refractivity contribution in [3.63, 3.8) is 0 Å². The fraction of sp³-hybridized carbons (Fsp3) is 0.769. The first-order valence-electron chi connectivity index (χ1n) is 6.33. The van der Waals surface area contributed by atoms with Gasteiger partial charge < -0.3 is 9.47 Å². The molecule has 0 heterocycles. The highest BCUT2D eigenvalue weighted by molar-refractivity contribution is 5.95. The SMILES string of the molecule is CCOC(=O)C(CC(C)C(=O)CC)C(=O)OCC. The lowest BCUT2D eigenvalue weighted by atomic mass is 9.91. The number of Topliss-reactive ketones (excluding diaryl/α,β-unsaturated/α-hetero) is 1. The smallest absolute Gasteiger partial charge is 0.320 e. The molecule has 0 aliphatic rings. The Hall–Kier alpha value is -1.39.